The molecule has 2 aromatic rings. The predicted molar refractivity (Wildman–Crippen MR) is 67.3 cm³/mol. The quantitative estimate of drug-likeness (QED) is 0.801. The molecule has 1 aliphatic rings. The Bertz CT molecular complexity index is 564. The van der Waals surface area contributed by atoms with Gasteiger partial charge in [-0.3, -0.25) is 0 Å². The lowest BCUT2D eigenvalue weighted by atomic mass is 10.2. The van der Waals surface area contributed by atoms with Crippen molar-refractivity contribution in [2.45, 2.75) is 13.0 Å². The molecule has 0 unspecified atom stereocenters. The zero-order chi connectivity index (χ0) is 11.5. The fraction of sp³-hybridized carbons (Fsp3) is 0.143. The number of nitrogens with zero attached hydrogens (tertiary/aromatic N) is 3. The largest absolute Gasteiger partial charge is 0.247 e. The van der Waals surface area contributed by atoms with Crippen LogP contribution in [0, 0.1) is 0 Å². The molecule has 1 aromatic carbocycles. The molecule has 0 spiro atoms. The van der Waals surface area contributed by atoms with Gasteiger partial charge < -0.3 is 0 Å². The highest BCUT2D eigenvalue weighted by Crippen LogP contribution is 2.20. The first-order valence-corrected chi connectivity index (χ1v) is 5.72. The predicted octanol–water partition coefficient (Wildman–Crippen LogP) is 2.67. The lowest BCUT2D eigenvalue weighted by Gasteiger charge is -1.99. The van der Waals surface area contributed by atoms with E-state index in [0.717, 1.165) is 18.7 Å². The van der Waals surface area contributed by atoms with E-state index in [0.29, 0.717) is 0 Å². The van der Waals surface area contributed by atoms with E-state index in [9.17, 15) is 0 Å². The fourth-order valence-electron chi connectivity index (χ4n) is 1.93. The van der Waals surface area contributed by atoms with E-state index in [1.807, 2.05) is 29.1 Å². The van der Waals surface area contributed by atoms with Crippen LogP contribution in [0.4, 0.5) is 0 Å². The molecule has 84 valence electrons. The first-order chi connectivity index (χ1) is 8.42. The SMILES string of the molecule is C1=CCC(c2cn(Cc3ccccc3)nn2)=C1. The van der Waals surface area contributed by atoms with E-state index in [-0.39, 0.29) is 0 Å². The Labute approximate surface area is 100 Å². The molecule has 0 saturated heterocycles. The summed E-state index contributed by atoms with van der Waals surface area (Å²) in [6, 6.07) is 10.3. The van der Waals surface area contributed by atoms with Gasteiger partial charge in [0.2, 0.25) is 0 Å². The normalized spacial score (nSPS) is 14.0. The van der Waals surface area contributed by atoms with Gasteiger partial charge in [-0.25, -0.2) is 4.68 Å². The van der Waals surface area contributed by atoms with Crippen LogP contribution in [-0.2, 0) is 6.54 Å². The second-order valence-electron chi connectivity index (χ2n) is 4.11. The maximum absolute atomic E-state index is 4.20. The Hall–Kier alpha value is -2.16. The number of hydrogen-bond donors (Lipinski definition) is 0. The van der Waals surface area contributed by atoms with Crippen molar-refractivity contribution < 1.29 is 0 Å². The molecule has 0 N–H and O–H groups in total. The smallest absolute Gasteiger partial charge is 0.109 e. The lowest BCUT2D eigenvalue weighted by molar-refractivity contribution is 0.649. The Kier molecular flexibility index (Phi) is 2.58. The zero-order valence-corrected chi connectivity index (χ0v) is 9.45. The van der Waals surface area contributed by atoms with Crippen LogP contribution in [0.2, 0.25) is 0 Å². The number of benzene rings is 1. The van der Waals surface area contributed by atoms with E-state index in [1.165, 1.54) is 11.1 Å². The van der Waals surface area contributed by atoms with Crippen LogP contribution in [0.15, 0.2) is 54.8 Å². The van der Waals surface area contributed by atoms with Crippen LogP contribution < -0.4 is 0 Å². The van der Waals surface area contributed by atoms with Gasteiger partial charge in [0.25, 0.3) is 0 Å². The van der Waals surface area contributed by atoms with Crippen molar-refractivity contribution in [3.05, 3.63) is 66.0 Å². The van der Waals surface area contributed by atoms with E-state index in [2.05, 4.69) is 40.7 Å². The van der Waals surface area contributed by atoms with Crippen LogP contribution in [-0.4, -0.2) is 15.0 Å². The molecule has 0 amide bonds. The van der Waals surface area contributed by atoms with Crippen LogP contribution >= 0.6 is 0 Å². The van der Waals surface area contributed by atoms with Crippen molar-refractivity contribution in [1.82, 2.24) is 15.0 Å². The van der Waals surface area contributed by atoms with Crippen molar-refractivity contribution in [2.75, 3.05) is 0 Å². The van der Waals surface area contributed by atoms with Crippen molar-refractivity contribution in [1.29, 1.82) is 0 Å². The molecule has 0 saturated carbocycles. The summed E-state index contributed by atoms with van der Waals surface area (Å²) in [5.41, 5.74) is 3.46. The molecular formula is C14H13N3. The third-order valence-corrected chi connectivity index (χ3v) is 2.83. The van der Waals surface area contributed by atoms with Crippen LogP contribution in [0.25, 0.3) is 5.57 Å². The lowest BCUT2D eigenvalue weighted by Crippen LogP contribution is -1.99. The van der Waals surface area contributed by atoms with Crippen molar-refractivity contribution in [3.8, 4) is 0 Å². The summed E-state index contributed by atoms with van der Waals surface area (Å²) in [5, 5.41) is 8.35. The van der Waals surface area contributed by atoms with Gasteiger partial charge in [0.05, 0.1) is 12.7 Å². The van der Waals surface area contributed by atoms with Crippen molar-refractivity contribution in [3.63, 3.8) is 0 Å². The number of aromatic nitrogens is 3. The van der Waals surface area contributed by atoms with Crippen molar-refractivity contribution >= 4 is 5.57 Å². The van der Waals surface area contributed by atoms with Crippen LogP contribution in [0.5, 0.6) is 0 Å². The summed E-state index contributed by atoms with van der Waals surface area (Å²) in [7, 11) is 0. The third kappa shape index (κ3) is 2.18. The minimum atomic E-state index is 0.772. The van der Waals surface area contributed by atoms with Gasteiger partial charge in [0.1, 0.15) is 5.69 Å². The molecule has 17 heavy (non-hydrogen) atoms. The Morgan fingerprint density at radius 3 is 2.82 bits per heavy atom. The molecule has 3 rings (SSSR count). The van der Waals surface area contributed by atoms with Gasteiger partial charge >= 0.3 is 0 Å². The van der Waals surface area contributed by atoms with Crippen molar-refractivity contribution in [2.24, 2.45) is 0 Å². The topological polar surface area (TPSA) is 30.7 Å². The van der Waals surface area contributed by atoms with Gasteiger partial charge in [0, 0.05) is 0 Å². The zero-order valence-electron chi connectivity index (χ0n) is 9.45. The summed E-state index contributed by atoms with van der Waals surface area (Å²) in [4.78, 5) is 0. The highest BCUT2D eigenvalue weighted by molar-refractivity contribution is 5.67. The molecule has 0 fully saturated rings. The summed E-state index contributed by atoms with van der Waals surface area (Å²) in [6.45, 7) is 0.772. The molecule has 1 aromatic heterocycles. The maximum Gasteiger partial charge on any atom is 0.109 e. The second-order valence-corrected chi connectivity index (χ2v) is 4.11. The first-order valence-electron chi connectivity index (χ1n) is 5.72. The molecule has 1 heterocycles. The Morgan fingerprint density at radius 2 is 2.06 bits per heavy atom. The van der Waals surface area contributed by atoms with Gasteiger partial charge in [-0.2, -0.15) is 0 Å². The van der Waals surface area contributed by atoms with E-state index >= 15 is 0 Å². The van der Waals surface area contributed by atoms with Gasteiger partial charge in [0.15, 0.2) is 0 Å². The highest BCUT2D eigenvalue weighted by atomic mass is 15.4. The van der Waals surface area contributed by atoms with Crippen LogP contribution in [0.3, 0.4) is 0 Å². The third-order valence-electron chi connectivity index (χ3n) is 2.83. The average molecular weight is 223 g/mol. The fourth-order valence-corrected chi connectivity index (χ4v) is 1.93. The average Bonchev–Trinajstić information content (AvgIpc) is 3.00. The number of allylic oxidation sites excluding steroid dienone is 4. The molecule has 3 heteroatoms. The molecule has 0 radical (unpaired) electrons. The molecule has 0 bridgehead atoms. The number of hydrogen-bond acceptors (Lipinski definition) is 2. The maximum atomic E-state index is 4.20. The van der Waals surface area contributed by atoms with E-state index in [1.54, 1.807) is 0 Å². The summed E-state index contributed by atoms with van der Waals surface area (Å²) in [5.74, 6) is 0. The summed E-state index contributed by atoms with van der Waals surface area (Å²) < 4.78 is 1.88. The first kappa shape index (κ1) is 10.0. The summed E-state index contributed by atoms with van der Waals surface area (Å²) >= 11 is 0. The molecule has 0 aliphatic heterocycles. The van der Waals surface area contributed by atoms with Gasteiger partial charge in [-0.1, -0.05) is 53.8 Å². The Morgan fingerprint density at radius 1 is 1.18 bits per heavy atom. The second kappa shape index (κ2) is 4.37. The Balaban J connectivity index is 1.77. The molecule has 1 aliphatic carbocycles. The standard InChI is InChI=1S/C14H13N3/c1-2-6-12(7-3-1)10-17-11-14(15-16-17)13-8-4-5-9-13/h1-8,11H,9-10H2. The highest BCUT2D eigenvalue weighted by Gasteiger charge is 2.07. The van der Waals surface area contributed by atoms with Gasteiger partial charge in [-0.05, 0) is 17.6 Å². The molecule has 0 atom stereocenters. The molecule has 3 nitrogen and oxygen atoms in total. The monoisotopic (exact) mass is 223 g/mol. The van der Waals surface area contributed by atoms with Crippen LogP contribution in [0.1, 0.15) is 17.7 Å². The van der Waals surface area contributed by atoms with E-state index < -0.39 is 0 Å². The summed E-state index contributed by atoms with van der Waals surface area (Å²) in [6.07, 6.45) is 9.25. The van der Waals surface area contributed by atoms with Gasteiger partial charge in [-0.15, -0.1) is 5.10 Å². The minimum Gasteiger partial charge on any atom is -0.247 e. The molecular weight excluding hydrogens is 210 g/mol. The minimum absolute atomic E-state index is 0.772. The van der Waals surface area contributed by atoms with E-state index in [4.69, 9.17) is 0 Å². The number of rotatable bonds is 3.